The van der Waals surface area contributed by atoms with Crippen molar-refractivity contribution in [1.82, 2.24) is 0 Å². The predicted octanol–water partition coefficient (Wildman–Crippen LogP) is 1.33. The van der Waals surface area contributed by atoms with Gasteiger partial charge in [-0.1, -0.05) is 18.2 Å². The van der Waals surface area contributed by atoms with Gasteiger partial charge in [-0.15, -0.1) is 0 Å². The zero-order chi connectivity index (χ0) is 11.5. The highest BCUT2D eigenvalue weighted by Crippen LogP contribution is 2.46. The first-order valence-electron chi connectivity index (χ1n) is 5.47. The Hall–Kier alpha value is -1.13. The van der Waals surface area contributed by atoms with Crippen molar-refractivity contribution >= 4 is 5.97 Å². The third kappa shape index (κ3) is 1.26. The second-order valence-corrected chi connectivity index (χ2v) is 4.98. The van der Waals surface area contributed by atoms with Crippen LogP contribution in [0, 0.1) is 11.8 Å². The van der Waals surface area contributed by atoms with E-state index in [1.165, 1.54) is 0 Å². The van der Waals surface area contributed by atoms with Gasteiger partial charge in [-0.25, -0.2) is 4.79 Å². The summed E-state index contributed by atoms with van der Waals surface area (Å²) in [5, 5.41) is 9.11. The number of ether oxygens (including phenoxy) is 2. The normalized spacial score (nSPS) is 43.0. The van der Waals surface area contributed by atoms with Gasteiger partial charge in [0.2, 0.25) is 0 Å². The molecule has 1 aliphatic heterocycles. The lowest BCUT2D eigenvalue weighted by Crippen LogP contribution is -2.43. The van der Waals surface area contributed by atoms with Gasteiger partial charge in [-0.05, 0) is 13.8 Å². The molecule has 4 atom stereocenters. The van der Waals surface area contributed by atoms with E-state index < -0.39 is 11.8 Å². The molecule has 4 heteroatoms. The fourth-order valence-electron chi connectivity index (χ4n) is 2.82. The van der Waals surface area contributed by atoms with Crippen LogP contribution in [0.5, 0.6) is 0 Å². The molecule has 2 bridgehead atoms. The molecule has 3 aliphatic carbocycles. The Morgan fingerprint density at radius 1 is 1.31 bits per heavy atom. The smallest absolute Gasteiger partial charge is 0.331 e. The Morgan fingerprint density at radius 2 is 2.00 bits per heavy atom. The third-order valence-corrected chi connectivity index (χ3v) is 3.42. The van der Waals surface area contributed by atoms with E-state index in [9.17, 15) is 4.79 Å². The van der Waals surface area contributed by atoms with E-state index in [4.69, 9.17) is 14.6 Å². The van der Waals surface area contributed by atoms with Crippen molar-refractivity contribution in [2.45, 2.75) is 31.8 Å². The molecule has 4 nitrogen and oxygen atoms in total. The molecule has 0 amide bonds. The molecular weight excluding hydrogens is 208 g/mol. The van der Waals surface area contributed by atoms with Gasteiger partial charge in [0.05, 0.1) is 12.2 Å². The number of carbonyl (C=O) groups is 1. The predicted molar refractivity (Wildman–Crippen MR) is 55.7 cm³/mol. The van der Waals surface area contributed by atoms with Gasteiger partial charge in [-0.2, -0.15) is 0 Å². The second-order valence-electron chi connectivity index (χ2n) is 4.98. The van der Waals surface area contributed by atoms with E-state index in [1.807, 2.05) is 26.0 Å². The number of rotatable bonds is 1. The summed E-state index contributed by atoms with van der Waals surface area (Å²) in [6, 6.07) is 0. The van der Waals surface area contributed by atoms with Crippen LogP contribution >= 0.6 is 0 Å². The third-order valence-electron chi connectivity index (χ3n) is 3.42. The fourth-order valence-corrected chi connectivity index (χ4v) is 2.82. The van der Waals surface area contributed by atoms with Crippen LogP contribution in [0.3, 0.4) is 0 Å². The summed E-state index contributed by atoms with van der Waals surface area (Å²) in [5.74, 6) is -1.61. The lowest BCUT2D eigenvalue weighted by atomic mass is 9.73. The first-order chi connectivity index (χ1) is 7.48. The zero-order valence-electron chi connectivity index (χ0n) is 9.21. The maximum absolute atomic E-state index is 11.1. The number of aliphatic carboxylic acids is 1. The minimum atomic E-state index is -0.855. The Labute approximate surface area is 93.5 Å². The lowest BCUT2D eigenvalue weighted by molar-refractivity contribution is -0.149. The van der Waals surface area contributed by atoms with E-state index in [2.05, 4.69) is 0 Å². The summed E-state index contributed by atoms with van der Waals surface area (Å²) in [6.07, 6.45) is 5.55. The highest BCUT2D eigenvalue weighted by Gasteiger charge is 2.53. The summed E-state index contributed by atoms with van der Waals surface area (Å²) < 4.78 is 11.6. The Kier molecular flexibility index (Phi) is 1.86. The first-order valence-corrected chi connectivity index (χ1v) is 5.47. The SMILES string of the molecule is CC1(C)OC2C3C=CC(C(C(=O)O)=C3)C2O1. The van der Waals surface area contributed by atoms with Gasteiger partial charge < -0.3 is 14.6 Å². The lowest BCUT2D eigenvalue weighted by Gasteiger charge is -2.36. The maximum atomic E-state index is 11.1. The molecule has 16 heavy (non-hydrogen) atoms. The average molecular weight is 222 g/mol. The summed E-state index contributed by atoms with van der Waals surface area (Å²) in [4.78, 5) is 11.1. The minimum Gasteiger partial charge on any atom is -0.478 e. The van der Waals surface area contributed by atoms with Gasteiger partial charge in [-0.3, -0.25) is 0 Å². The van der Waals surface area contributed by atoms with Crippen molar-refractivity contribution in [3.05, 3.63) is 23.8 Å². The molecule has 0 saturated carbocycles. The summed E-state index contributed by atoms with van der Waals surface area (Å²) in [6.45, 7) is 3.73. The molecule has 86 valence electrons. The molecule has 1 fully saturated rings. The van der Waals surface area contributed by atoms with Crippen LogP contribution in [0.1, 0.15) is 13.8 Å². The maximum Gasteiger partial charge on any atom is 0.331 e. The molecular formula is C12H14O4. The van der Waals surface area contributed by atoms with Gasteiger partial charge >= 0.3 is 5.97 Å². The first kappa shape index (κ1) is 10.1. The molecule has 4 unspecified atom stereocenters. The number of carboxylic acid groups (broad SMARTS) is 1. The summed E-state index contributed by atoms with van der Waals surface area (Å²) in [5.41, 5.74) is 0.440. The largest absolute Gasteiger partial charge is 0.478 e. The van der Waals surface area contributed by atoms with Crippen molar-refractivity contribution < 1.29 is 19.4 Å². The summed E-state index contributed by atoms with van der Waals surface area (Å²) in [7, 11) is 0. The number of carboxylic acids is 1. The van der Waals surface area contributed by atoms with Gasteiger partial charge in [0.1, 0.15) is 0 Å². The van der Waals surface area contributed by atoms with Gasteiger partial charge in [0.15, 0.2) is 5.79 Å². The monoisotopic (exact) mass is 222 g/mol. The highest BCUT2D eigenvalue weighted by molar-refractivity contribution is 5.88. The second kappa shape index (κ2) is 2.96. The molecule has 1 N–H and O–H groups in total. The number of hydrogen-bond donors (Lipinski definition) is 1. The van der Waals surface area contributed by atoms with Crippen molar-refractivity contribution in [2.24, 2.45) is 11.8 Å². The van der Waals surface area contributed by atoms with E-state index in [0.29, 0.717) is 5.57 Å². The van der Waals surface area contributed by atoms with Crippen LogP contribution in [0.2, 0.25) is 0 Å². The molecule has 0 radical (unpaired) electrons. The van der Waals surface area contributed by atoms with Crippen molar-refractivity contribution in [3.63, 3.8) is 0 Å². The molecule has 0 spiro atoms. The average Bonchev–Trinajstić information content (AvgIpc) is 2.54. The van der Waals surface area contributed by atoms with Crippen molar-refractivity contribution in [2.75, 3.05) is 0 Å². The van der Waals surface area contributed by atoms with Gasteiger partial charge in [0, 0.05) is 17.4 Å². The Balaban J connectivity index is 1.97. The van der Waals surface area contributed by atoms with Crippen LogP contribution in [0.4, 0.5) is 0 Å². The highest BCUT2D eigenvalue weighted by atomic mass is 16.8. The van der Waals surface area contributed by atoms with Crippen LogP contribution in [0.25, 0.3) is 0 Å². The number of hydrogen-bond acceptors (Lipinski definition) is 3. The molecule has 0 aromatic heterocycles. The van der Waals surface area contributed by atoms with Crippen molar-refractivity contribution in [1.29, 1.82) is 0 Å². The fraction of sp³-hybridized carbons (Fsp3) is 0.583. The topological polar surface area (TPSA) is 55.8 Å². The van der Waals surface area contributed by atoms with Crippen LogP contribution in [-0.4, -0.2) is 29.1 Å². The molecule has 4 rings (SSSR count). The molecule has 0 aromatic rings. The van der Waals surface area contributed by atoms with Gasteiger partial charge in [0.25, 0.3) is 0 Å². The minimum absolute atomic E-state index is 0.0304. The molecule has 4 aliphatic rings. The Bertz CT molecular complexity index is 407. The van der Waals surface area contributed by atoms with E-state index in [1.54, 1.807) is 6.08 Å². The molecule has 1 heterocycles. The standard InChI is InChI=1S/C12H14O4/c1-12(2)15-9-6-3-4-7(10(9)16-12)8(5-6)11(13)14/h3-7,9-10H,1-2H3,(H,13,14). The summed E-state index contributed by atoms with van der Waals surface area (Å²) >= 11 is 0. The quantitative estimate of drug-likeness (QED) is 0.680. The van der Waals surface area contributed by atoms with E-state index in [-0.39, 0.29) is 24.0 Å². The molecule has 1 saturated heterocycles. The van der Waals surface area contributed by atoms with Crippen LogP contribution in [0.15, 0.2) is 23.8 Å². The van der Waals surface area contributed by atoms with E-state index in [0.717, 1.165) is 0 Å². The Morgan fingerprint density at radius 3 is 2.69 bits per heavy atom. The van der Waals surface area contributed by atoms with Crippen LogP contribution in [-0.2, 0) is 14.3 Å². The van der Waals surface area contributed by atoms with E-state index >= 15 is 0 Å². The zero-order valence-corrected chi connectivity index (χ0v) is 9.21. The molecule has 0 aromatic carbocycles. The van der Waals surface area contributed by atoms with Crippen LogP contribution < -0.4 is 0 Å². The van der Waals surface area contributed by atoms with Crippen molar-refractivity contribution in [3.8, 4) is 0 Å².